The van der Waals surface area contributed by atoms with Gasteiger partial charge in [0, 0.05) is 16.3 Å². The summed E-state index contributed by atoms with van der Waals surface area (Å²) < 4.78 is 5.28. The minimum Gasteiger partial charge on any atom is -0.452 e. The molecule has 3 aromatic carbocycles. The van der Waals surface area contributed by atoms with Crippen molar-refractivity contribution in [2.75, 3.05) is 5.32 Å². The molecule has 1 amide bonds. The van der Waals surface area contributed by atoms with Crippen LogP contribution in [-0.4, -0.2) is 18.0 Å². The first kappa shape index (κ1) is 19.6. The first-order chi connectivity index (χ1) is 13.5. The Bertz CT molecular complexity index is 972. The van der Waals surface area contributed by atoms with E-state index in [9.17, 15) is 9.59 Å². The van der Waals surface area contributed by atoms with Crippen LogP contribution in [0.5, 0.6) is 0 Å². The van der Waals surface area contributed by atoms with Crippen LogP contribution in [0.4, 0.5) is 5.69 Å². The van der Waals surface area contributed by atoms with E-state index < -0.39 is 18.0 Å². The van der Waals surface area contributed by atoms with Crippen molar-refractivity contribution in [3.8, 4) is 11.1 Å². The summed E-state index contributed by atoms with van der Waals surface area (Å²) in [4.78, 5) is 24.7. The normalized spacial score (nSPS) is 11.5. The van der Waals surface area contributed by atoms with Crippen molar-refractivity contribution in [3.63, 3.8) is 0 Å². The number of ether oxygens (including phenoxy) is 1. The first-order valence-corrected chi connectivity index (χ1v) is 9.30. The van der Waals surface area contributed by atoms with Crippen LogP contribution in [0, 0.1) is 0 Å². The molecule has 0 aliphatic rings. The van der Waals surface area contributed by atoms with Gasteiger partial charge in [0.1, 0.15) is 0 Å². The maximum absolute atomic E-state index is 12.5. The highest BCUT2D eigenvalue weighted by molar-refractivity contribution is 6.31. The molecule has 0 aliphatic carbocycles. The Kier molecular flexibility index (Phi) is 6.45. The fourth-order valence-electron chi connectivity index (χ4n) is 2.79. The number of halogens is 1. The van der Waals surface area contributed by atoms with Gasteiger partial charge in [-0.2, -0.15) is 0 Å². The second kappa shape index (κ2) is 9.20. The van der Waals surface area contributed by atoms with Gasteiger partial charge in [-0.1, -0.05) is 78.3 Å². The molecular formula is C23H20ClNO3. The zero-order valence-electron chi connectivity index (χ0n) is 15.4. The third-order valence-corrected chi connectivity index (χ3v) is 4.61. The van der Waals surface area contributed by atoms with Gasteiger partial charge in [0.2, 0.25) is 0 Å². The van der Waals surface area contributed by atoms with Gasteiger partial charge in [0.25, 0.3) is 5.91 Å². The predicted molar refractivity (Wildman–Crippen MR) is 111 cm³/mol. The summed E-state index contributed by atoms with van der Waals surface area (Å²) in [5.74, 6) is -0.900. The fraction of sp³-hybridized carbons (Fsp3) is 0.130. The van der Waals surface area contributed by atoms with Crippen molar-refractivity contribution in [1.82, 2.24) is 0 Å². The van der Waals surface area contributed by atoms with Crippen molar-refractivity contribution in [2.45, 2.75) is 19.4 Å². The first-order valence-electron chi connectivity index (χ1n) is 8.93. The molecule has 142 valence electrons. The van der Waals surface area contributed by atoms with Crippen LogP contribution in [0.2, 0.25) is 5.02 Å². The zero-order chi connectivity index (χ0) is 19.9. The van der Waals surface area contributed by atoms with E-state index >= 15 is 0 Å². The van der Waals surface area contributed by atoms with E-state index in [1.807, 2.05) is 54.6 Å². The number of benzene rings is 3. The second-order valence-electron chi connectivity index (χ2n) is 6.30. The Morgan fingerprint density at radius 1 is 0.929 bits per heavy atom. The molecule has 5 heteroatoms. The molecule has 0 unspecified atom stereocenters. The van der Waals surface area contributed by atoms with E-state index in [1.165, 1.54) is 0 Å². The number of anilines is 1. The number of carbonyl (C=O) groups excluding carboxylic acids is 2. The summed E-state index contributed by atoms with van der Waals surface area (Å²) >= 11 is 6.06. The van der Waals surface area contributed by atoms with Gasteiger partial charge in [-0.25, -0.2) is 0 Å². The Balaban J connectivity index is 1.65. The number of rotatable bonds is 6. The summed E-state index contributed by atoms with van der Waals surface area (Å²) in [5, 5.41) is 3.34. The molecule has 28 heavy (non-hydrogen) atoms. The summed E-state index contributed by atoms with van der Waals surface area (Å²) in [6, 6.07) is 24.3. The lowest BCUT2D eigenvalue weighted by Gasteiger charge is -2.16. The Morgan fingerprint density at radius 3 is 2.32 bits per heavy atom. The van der Waals surface area contributed by atoms with Crippen molar-refractivity contribution in [1.29, 1.82) is 0 Å². The maximum Gasteiger partial charge on any atom is 0.311 e. The van der Waals surface area contributed by atoms with E-state index in [4.69, 9.17) is 16.3 Å². The lowest BCUT2D eigenvalue weighted by atomic mass is 10.0. The molecule has 0 aromatic heterocycles. The highest BCUT2D eigenvalue weighted by Crippen LogP contribution is 2.27. The number of carbonyl (C=O) groups is 2. The molecule has 4 nitrogen and oxygen atoms in total. The van der Waals surface area contributed by atoms with Gasteiger partial charge in [-0.3, -0.25) is 9.59 Å². The standard InChI is InChI=1S/C23H20ClNO3/c1-16(28-22(26)15-18-11-5-7-13-20(18)24)23(27)25-21-14-8-6-12-19(21)17-9-3-2-4-10-17/h2-14,16H,15H2,1H3,(H,25,27)/t16-/m1/s1. The van der Waals surface area contributed by atoms with E-state index in [0.717, 1.165) is 11.1 Å². The molecule has 0 radical (unpaired) electrons. The summed E-state index contributed by atoms with van der Waals surface area (Å²) in [6.07, 6.45) is -0.920. The van der Waals surface area contributed by atoms with Gasteiger partial charge in [0.05, 0.1) is 6.42 Å². The Morgan fingerprint density at radius 2 is 1.57 bits per heavy atom. The predicted octanol–water partition coefficient (Wildman–Crippen LogP) is 5.12. The van der Waals surface area contributed by atoms with Gasteiger partial charge < -0.3 is 10.1 Å². The van der Waals surface area contributed by atoms with Crippen LogP contribution < -0.4 is 5.32 Å². The van der Waals surface area contributed by atoms with E-state index in [-0.39, 0.29) is 6.42 Å². The van der Waals surface area contributed by atoms with Crippen LogP contribution in [-0.2, 0) is 20.7 Å². The van der Waals surface area contributed by atoms with E-state index in [1.54, 1.807) is 31.2 Å². The lowest BCUT2D eigenvalue weighted by Crippen LogP contribution is -2.30. The molecule has 0 fully saturated rings. The van der Waals surface area contributed by atoms with Crippen LogP contribution in [0.15, 0.2) is 78.9 Å². The minimum absolute atomic E-state index is 0.0118. The molecule has 1 N–H and O–H groups in total. The van der Waals surface area contributed by atoms with Crippen LogP contribution >= 0.6 is 11.6 Å². The van der Waals surface area contributed by atoms with Crippen molar-refractivity contribution in [3.05, 3.63) is 89.4 Å². The largest absolute Gasteiger partial charge is 0.452 e. The third kappa shape index (κ3) is 4.99. The number of esters is 1. The quantitative estimate of drug-likeness (QED) is 0.591. The number of amides is 1. The van der Waals surface area contributed by atoms with E-state index in [2.05, 4.69) is 5.32 Å². The molecule has 1 atom stereocenters. The highest BCUT2D eigenvalue weighted by atomic mass is 35.5. The smallest absolute Gasteiger partial charge is 0.311 e. The lowest BCUT2D eigenvalue weighted by molar-refractivity contribution is -0.152. The van der Waals surface area contributed by atoms with Crippen LogP contribution in [0.25, 0.3) is 11.1 Å². The van der Waals surface area contributed by atoms with Crippen LogP contribution in [0.3, 0.4) is 0 Å². The molecule has 0 saturated heterocycles. The number of nitrogens with one attached hydrogen (secondary N) is 1. The molecule has 0 bridgehead atoms. The Labute approximate surface area is 169 Å². The maximum atomic E-state index is 12.5. The molecule has 0 spiro atoms. The van der Waals surface area contributed by atoms with Crippen molar-refractivity contribution in [2.24, 2.45) is 0 Å². The average Bonchev–Trinajstić information content (AvgIpc) is 2.70. The summed E-state index contributed by atoms with van der Waals surface area (Å²) in [5.41, 5.74) is 3.21. The van der Waals surface area contributed by atoms with Gasteiger partial charge in [-0.15, -0.1) is 0 Å². The second-order valence-corrected chi connectivity index (χ2v) is 6.71. The monoisotopic (exact) mass is 393 g/mol. The van der Waals surface area contributed by atoms with Gasteiger partial charge >= 0.3 is 5.97 Å². The molecule has 0 aliphatic heterocycles. The molecule has 3 aromatic rings. The number of para-hydroxylation sites is 1. The zero-order valence-corrected chi connectivity index (χ0v) is 16.1. The van der Waals surface area contributed by atoms with Crippen LogP contribution in [0.1, 0.15) is 12.5 Å². The molecular weight excluding hydrogens is 374 g/mol. The summed E-state index contributed by atoms with van der Waals surface area (Å²) in [7, 11) is 0. The topological polar surface area (TPSA) is 55.4 Å². The fourth-order valence-corrected chi connectivity index (χ4v) is 2.99. The third-order valence-electron chi connectivity index (χ3n) is 4.24. The van der Waals surface area contributed by atoms with Gasteiger partial charge in [0.15, 0.2) is 6.10 Å². The summed E-state index contributed by atoms with van der Waals surface area (Å²) in [6.45, 7) is 1.55. The molecule has 0 saturated carbocycles. The number of hydrogen-bond acceptors (Lipinski definition) is 3. The highest BCUT2D eigenvalue weighted by Gasteiger charge is 2.20. The SMILES string of the molecule is C[C@@H](OC(=O)Cc1ccccc1Cl)C(=O)Nc1ccccc1-c1ccccc1. The van der Waals surface area contributed by atoms with E-state index in [0.29, 0.717) is 16.3 Å². The van der Waals surface area contributed by atoms with Crippen molar-refractivity contribution < 1.29 is 14.3 Å². The number of hydrogen-bond donors (Lipinski definition) is 1. The van der Waals surface area contributed by atoms with Gasteiger partial charge in [-0.05, 0) is 30.2 Å². The molecule has 0 heterocycles. The van der Waals surface area contributed by atoms with Crippen molar-refractivity contribution >= 4 is 29.2 Å². The molecule has 3 rings (SSSR count). The minimum atomic E-state index is -0.932. The average molecular weight is 394 g/mol. The Hall–Kier alpha value is -3.11.